The summed E-state index contributed by atoms with van der Waals surface area (Å²) in [6.07, 6.45) is 0.433. The maximum absolute atomic E-state index is 12.3. The molecule has 0 aliphatic carbocycles. The lowest BCUT2D eigenvalue weighted by atomic mass is 9.97. The maximum atomic E-state index is 12.3. The summed E-state index contributed by atoms with van der Waals surface area (Å²) in [6.45, 7) is 5.89. The third-order valence-electron chi connectivity index (χ3n) is 3.29. The topological polar surface area (TPSA) is 17.1 Å². The molecule has 0 heterocycles. The predicted octanol–water partition coefficient (Wildman–Crippen LogP) is 4.69. The van der Waals surface area contributed by atoms with Crippen LogP contribution in [-0.4, -0.2) is 5.78 Å². The lowest BCUT2D eigenvalue weighted by molar-refractivity contribution is 0.0992. The van der Waals surface area contributed by atoms with Crippen molar-refractivity contribution < 1.29 is 4.79 Å². The Morgan fingerprint density at radius 1 is 1.00 bits per heavy atom. The van der Waals surface area contributed by atoms with Crippen LogP contribution in [0.1, 0.15) is 32.6 Å². The predicted molar refractivity (Wildman–Crippen MR) is 80.1 cm³/mol. The zero-order chi connectivity index (χ0) is 14.0. The number of carbonyl (C=O) groups is 1. The van der Waals surface area contributed by atoms with Gasteiger partial charge in [0.2, 0.25) is 0 Å². The van der Waals surface area contributed by atoms with E-state index in [-0.39, 0.29) is 5.78 Å². The molecule has 0 fully saturated rings. The van der Waals surface area contributed by atoms with E-state index >= 15 is 0 Å². The van der Waals surface area contributed by atoms with Crippen molar-refractivity contribution >= 4 is 17.4 Å². The molecule has 0 radical (unpaired) electrons. The van der Waals surface area contributed by atoms with Crippen molar-refractivity contribution in [2.75, 3.05) is 0 Å². The summed E-state index contributed by atoms with van der Waals surface area (Å²) < 4.78 is 0. The maximum Gasteiger partial charge on any atom is 0.167 e. The van der Waals surface area contributed by atoms with Gasteiger partial charge >= 0.3 is 0 Å². The number of hydrogen-bond acceptors (Lipinski definition) is 1. The molecule has 0 amide bonds. The van der Waals surface area contributed by atoms with E-state index in [2.05, 4.69) is 0 Å². The highest BCUT2D eigenvalue weighted by Gasteiger charge is 2.11. The number of rotatable bonds is 3. The molecule has 0 bridgehead atoms. The second kappa shape index (κ2) is 5.58. The van der Waals surface area contributed by atoms with Gasteiger partial charge < -0.3 is 0 Å². The van der Waals surface area contributed by atoms with E-state index < -0.39 is 0 Å². The van der Waals surface area contributed by atoms with Gasteiger partial charge in [-0.05, 0) is 49.6 Å². The van der Waals surface area contributed by atoms with Gasteiger partial charge in [-0.25, -0.2) is 0 Å². The Balaban J connectivity index is 2.25. The highest BCUT2D eigenvalue weighted by Crippen LogP contribution is 2.21. The number of aryl methyl sites for hydroxylation is 3. The summed E-state index contributed by atoms with van der Waals surface area (Å²) in [5, 5.41) is 0.712. The lowest BCUT2D eigenvalue weighted by Crippen LogP contribution is -2.06. The van der Waals surface area contributed by atoms with Gasteiger partial charge in [0, 0.05) is 17.0 Å². The number of Topliss-reactive ketones (excluding diaryl/α,β-unsaturated/α-hetero) is 1. The van der Waals surface area contributed by atoms with Gasteiger partial charge in [-0.15, -0.1) is 0 Å². The van der Waals surface area contributed by atoms with Crippen molar-refractivity contribution in [3.8, 4) is 0 Å². The molecule has 0 unspecified atom stereocenters. The van der Waals surface area contributed by atoms with Gasteiger partial charge in [-0.2, -0.15) is 0 Å². The molecule has 2 aromatic carbocycles. The fourth-order valence-electron chi connectivity index (χ4n) is 2.07. The van der Waals surface area contributed by atoms with Crippen molar-refractivity contribution in [2.24, 2.45) is 0 Å². The molecule has 2 rings (SSSR count). The van der Waals surface area contributed by atoms with Crippen LogP contribution in [0.3, 0.4) is 0 Å². The molecule has 0 aliphatic rings. The van der Waals surface area contributed by atoms with Gasteiger partial charge in [0.05, 0.1) is 0 Å². The summed E-state index contributed by atoms with van der Waals surface area (Å²) in [4.78, 5) is 12.3. The van der Waals surface area contributed by atoms with Gasteiger partial charge in [-0.3, -0.25) is 4.79 Å². The minimum atomic E-state index is 0.140. The molecule has 0 aliphatic heterocycles. The zero-order valence-corrected chi connectivity index (χ0v) is 12.2. The average Bonchev–Trinajstić information content (AvgIpc) is 2.36. The van der Waals surface area contributed by atoms with Crippen molar-refractivity contribution in [3.63, 3.8) is 0 Å². The lowest BCUT2D eigenvalue weighted by Gasteiger charge is -2.08. The smallest absolute Gasteiger partial charge is 0.167 e. The Morgan fingerprint density at radius 2 is 1.63 bits per heavy atom. The highest BCUT2D eigenvalue weighted by molar-refractivity contribution is 6.31. The number of ketones is 1. The van der Waals surface area contributed by atoms with E-state index in [0.29, 0.717) is 11.4 Å². The Bertz CT molecular complexity index is 612. The molecule has 19 heavy (non-hydrogen) atoms. The second-order valence-electron chi connectivity index (χ2n) is 5.00. The first-order valence-corrected chi connectivity index (χ1v) is 6.70. The van der Waals surface area contributed by atoms with E-state index in [1.807, 2.05) is 57.2 Å². The fourth-order valence-corrected chi connectivity index (χ4v) is 2.29. The molecular weight excluding hydrogens is 256 g/mol. The monoisotopic (exact) mass is 272 g/mol. The molecule has 2 heteroatoms. The number of hydrogen-bond donors (Lipinski definition) is 0. The summed E-state index contributed by atoms with van der Waals surface area (Å²) >= 11 is 6.06. The molecule has 0 aromatic heterocycles. The number of benzene rings is 2. The van der Waals surface area contributed by atoms with Crippen molar-refractivity contribution in [1.29, 1.82) is 0 Å². The quantitative estimate of drug-likeness (QED) is 0.741. The standard InChI is InChI=1S/C17H17ClO/c1-11-4-6-14(7-5-11)10-17(19)15-8-13(3)16(18)9-12(15)2/h4-9H,10H2,1-3H3. The van der Waals surface area contributed by atoms with Crippen LogP contribution in [0, 0.1) is 20.8 Å². The van der Waals surface area contributed by atoms with Crippen molar-refractivity contribution in [1.82, 2.24) is 0 Å². The summed E-state index contributed by atoms with van der Waals surface area (Å²) in [5.41, 5.74) is 4.90. The van der Waals surface area contributed by atoms with Crippen LogP contribution < -0.4 is 0 Å². The molecule has 0 saturated heterocycles. The van der Waals surface area contributed by atoms with E-state index in [0.717, 1.165) is 22.3 Å². The summed E-state index contributed by atoms with van der Waals surface area (Å²) in [6, 6.07) is 11.8. The van der Waals surface area contributed by atoms with E-state index in [4.69, 9.17) is 11.6 Å². The zero-order valence-electron chi connectivity index (χ0n) is 11.5. The Kier molecular flexibility index (Phi) is 4.06. The van der Waals surface area contributed by atoms with Crippen LogP contribution in [0.25, 0.3) is 0 Å². The van der Waals surface area contributed by atoms with E-state index in [9.17, 15) is 4.79 Å². The molecule has 0 saturated carbocycles. The Morgan fingerprint density at radius 3 is 2.26 bits per heavy atom. The Hall–Kier alpha value is -1.60. The van der Waals surface area contributed by atoms with Crippen LogP contribution in [0.15, 0.2) is 36.4 Å². The molecular formula is C17H17ClO. The van der Waals surface area contributed by atoms with Gasteiger partial charge in [0.25, 0.3) is 0 Å². The number of carbonyl (C=O) groups excluding carboxylic acids is 1. The molecule has 1 nitrogen and oxygen atoms in total. The fraction of sp³-hybridized carbons (Fsp3) is 0.235. The summed E-state index contributed by atoms with van der Waals surface area (Å²) in [5.74, 6) is 0.140. The third-order valence-corrected chi connectivity index (χ3v) is 3.70. The third kappa shape index (κ3) is 3.24. The molecule has 2 aromatic rings. The largest absolute Gasteiger partial charge is 0.294 e. The van der Waals surface area contributed by atoms with E-state index in [1.165, 1.54) is 5.56 Å². The number of halogens is 1. The first kappa shape index (κ1) is 13.8. The van der Waals surface area contributed by atoms with Crippen LogP contribution in [0.4, 0.5) is 0 Å². The minimum Gasteiger partial charge on any atom is -0.294 e. The van der Waals surface area contributed by atoms with Crippen LogP contribution in [0.2, 0.25) is 5.02 Å². The first-order valence-electron chi connectivity index (χ1n) is 6.33. The SMILES string of the molecule is Cc1ccc(CC(=O)c2cc(C)c(Cl)cc2C)cc1. The van der Waals surface area contributed by atoms with E-state index in [1.54, 1.807) is 0 Å². The molecule has 0 spiro atoms. The second-order valence-corrected chi connectivity index (χ2v) is 5.41. The van der Waals surface area contributed by atoms with Crippen molar-refractivity contribution in [3.05, 3.63) is 69.2 Å². The normalized spacial score (nSPS) is 10.5. The van der Waals surface area contributed by atoms with Gasteiger partial charge in [-0.1, -0.05) is 41.4 Å². The first-order chi connectivity index (χ1) is 8.97. The molecule has 0 N–H and O–H groups in total. The Labute approximate surface area is 119 Å². The van der Waals surface area contributed by atoms with Crippen LogP contribution >= 0.6 is 11.6 Å². The molecule has 0 atom stereocenters. The van der Waals surface area contributed by atoms with Gasteiger partial charge in [0.1, 0.15) is 0 Å². The summed E-state index contributed by atoms with van der Waals surface area (Å²) in [7, 11) is 0. The molecule has 98 valence electrons. The van der Waals surface area contributed by atoms with Crippen LogP contribution in [-0.2, 0) is 6.42 Å². The van der Waals surface area contributed by atoms with Gasteiger partial charge in [0.15, 0.2) is 5.78 Å². The van der Waals surface area contributed by atoms with Crippen LogP contribution in [0.5, 0.6) is 0 Å². The highest BCUT2D eigenvalue weighted by atomic mass is 35.5. The minimum absolute atomic E-state index is 0.140. The average molecular weight is 273 g/mol. The van der Waals surface area contributed by atoms with Crippen molar-refractivity contribution in [2.45, 2.75) is 27.2 Å².